The maximum atomic E-state index is 13.2. The van der Waals surface area contributed by atoms with Crippen LogP contribution in [0.2, 0.25) is 5.02 Å². The molecule has 2 atom stereocenters. The van der Waals surface area contributed by atoms with Crippen LogP contribution in [0.4, 0.5) is 0 Å². The van der Waals surface area contributed by atoms with Crippen molar-refractivity contribution in [1.82, 2.24) is 0 Å². The van der Waals surface area contributed by atoms with Gasteiger partial charge in [0.15, 0.2) is 6.40 Å². The van der Waals surface area contributed by atoms with E-state index in [4.69, 9.17) is 37.9 Å². The molecule has 4 N–H and O–H groups in total. The monoisotopic (exact) mass is 462 g/mol. The zero-order valence-corrected chi connectivity index (χ0v) is 18.7. The number of benzene rings is 1. The first-order valence-corrected chi connectivity index (χ1v) is 12.3. The first-order valence-electron chi connectivity index (χ1n) is 9.81. The molecule has 158 valence electrons. The molecule has 1 saturated carbocycles. The van der Waals surface area contributed by atoms with Gasteiger partial charge in [-0.05, 0) is 36.6 Å². The lowest BCUT2D eigenvalue weighted by Crippen LogP contribution is -2.53. The average molecular weight is 463 g/mol. The number of hydrogen-bond donors (Lipinski definition) is 3. The fraction of sp³-hybridized carbons (Fsp3) is 0.381. The van der Waals surface area contributed by atoms with E-state index in [0.717, 1.165) is 53.8 Å². The lowest BCUT2D eigenvalue weighted by atomic mass is 9.87. The summed E-state index contributed by atoms with van der Waals surface area (Å²) < 4.78 is 17.6. The van der Waals surface area contributed by atoms with Gasteiger partial charge in [-0.2, -0.15) is 0 Å². The summed E-state index contributed by atoms with van der Waals surface area (Å²) >= 11 is 8.06. The zero-order chi connectivity index (χ0) is 21.3. The standard InChI is InChI=1S/C21H23ClN4O2S2/c22-15-10-17(13-5-4-6-14(9-13)19(24)28-12-23)29-18(15)16-11-30(27)21(20(25)26-16)7-2-1-3-8-21/h4-6,9-10,12,16,23-24H,1-3,7-8,11H2,(H2,25,26). The van der Waals surface area contributed by atoms with Gasteiger partial charge >= 0.3 is 0 Å². The number of nitrogens with zero attached hydrogens (tertiary/aromatic N) is 1. The van der Waals surface area contributed by atoms with Crippen LogP contribution in [-0.4, -0.2) is 32.8 Å². The van der Waals surface area contributed by atoms with E-state index in [-0.39, 0.29) is 11.9 Å². The molecule has 2 unspecified atom stereocenters. The minimum absolute atomic E-state index is 0.0902. The molecule has 1 aliphatic heterocycles. The Morgan fingerprint density at radius 2 is 2.10 bits per heavy atom. The van der Waals surface area contributed by atoms with Crippen molar-refractivity contribution in [2.24, 2.45) is 10.7 Å². The van der Waals surface area contributed by atoms with Crippen molar-refractivity contribution in [1.29, 1.82) is 10.8 Å². The van der Waals surface area contributed by atoms with E-state index in [1.165, 1.54) is 11.3 Å². The van der Waals surface area contributed by atoms with Crippen molar-refractivity contribution >= 4 is 51.9 Å². The molecule has 2 aliphatic rings. The second kappa shape index (κ2) is 8.61. The Hall–Kier alpha value is -2.03. The summed E-state index contributed by atoms with van der Waals surface area (Å²) in [6.07, 6.45) is 5.69. The van der Waals surface area contributed by atoms with Gasteiger partial charge in [-0.1, -0.05) is 43.0 Å². The van der Waals surface area contributed by atoms with Gasteiger partial charge in [0.05, 0.1) is 16.8 Å². The van der Waals surface area contributed by atoms with E-state index < -0.39 is 15.5 Å². The molecule has 9 heteroatoms. The van der Waals surface area contributed by atoms with E-state index in [2.05, 4.69) is 0 Å². The van der Waals surface area contributed by atoms with Gasteiger partial charge in [0.2, 0.25) is 5.90 Å². The lowest BCUT2D eigenvalue weighted by Gasteiger charge is -2.39. The molecule has 6 nitrogen and oxygen atoms in total. The van der Waals surface area contributed by atoms with Crippen molar-refractivity contribution in [3.63, 3.8) is 0 Å². The van der Waals surface area contributed by atoms with Gasteiger partial charge in [0, 0.05) is 26.1 Å². The quantitative estimate of drug-likeness (QED) is 0.444. The summed E-state index contributed by atoms with van der Waals surface area (Å²) in [4.78, 5) is 6.56. The van der Waals surface area contributed by atoms with Gasteiger partial charge in [0.25, 0.3) is 0 Å². The molecular formula is C21H23ClN4O2S2. The summed E-state index contributed by atoms with van der Waals surface area (Å²) in [6.45, 7) is 0. The minimum atomic E-state index is -1.08. The topological polar surface area (TPSA) is 112 Å². The first kappa shape index (κ1) is 21.2. The molecule has 0 saturated heterocycles. The van der Waals surface area contributed by atoms with Gasteiger partial charge in [-0.15, -0.1) is 11.3 Å². The molecule has 1 fully saturated rings. The molecule has 1 spiro atoms. The van der Waals surface area contributed by atoms with Crippen LogP contribution in [0, 0.1) is 10.8 Å². The van der Waals surface area contributed by atoms with Crippen molar-refractivity contribution in [2.75, 3.05) is 5.75 Å². The molecule has 30 heavy (non-hydrogen) atoms. The predicted octanol–water partition coefficient (Wildman–Crippen LogP) is 4.88. The highest BCUT2D eigenvalue weighted by Crippen LogP contribution is 2.44. The molecule has 1 aromatic carbocycles. The largest absolute Gasteiger partial charge is 0.428 e. The Balaban J connectivity index is 1.64. The lowest BCUT2D eigenvalue weighted by molar-refractivity contribution is 0.450. The minimum Gasteiger partial charge on any atom is -0.428 e. The Bertz CT molecular complexity index is 1040. The number of amidine groups is 1. The third-order valence-corrected chi connectivity index (χ3v) is 9.59. The molecule has 1 aromatic heterocycles. The van der Waals surface area contributed by atoms with Crippen LogP contribution in [0.15, 0.2) is 35.3 Å². The molecule has 0 bridgehead atoms. The summed E-state index contributed by atoms with van der Waals surface area (Å²) in [5.41, 5.74) is 7.84. The van der Waals surface area contributed by atoms with Crippen molar-refractivity contribution in [3.8, 4) is 10.4 Å². The average Bonchev–Trinajstić information content (AvgIpc) is 3.14. The number of thiophene rings is 1. The van der Waals surface area contributed by atoms with Gasteiger partial charge in [-0.25, -0.2) is 0 Å². The molecule has 0 amide bonds. The molecule has 2 heterocycles. The van der Waals surface area contributed by atoms with E-state index in [1.54, 1.807) is 6.07 Å². The molecular weight excluding hydrogens is 440 g/mol. The fourth-order valence-corrected chi connectivity index (χ4v) is 7.66. The van der Waals surface area contributed by atoms with Crippen molar-refractivity contribution in [3.05, 3.63) is 45.8 Å². The van der Waals surface area contributed by atoms with Gasteiger partial charge < -0.3 is 10.5 Å². The van der Waals surface area contributed by atoms with E-state index in [0.29, 0.717) is 22.2 Å². The number of rotatable bonds is 4. The van der Waals surface area contributed by atoms with Crippen LogP contribution in [0.3, 0.4) is 0 Å². The smallest absolute Gasteiger partial charge is 0.220 e. The Morgan fingerprint density at radius 1 is 1.33 bits per heavy atom. The number of aliphatic imine (C=N–C) groups is 1. The Labute approximate surface area is 187 Å². The molecule has 0 radical (unpaired) electrons. The molecule has 4 rings (SSSR count). The second-order valence-electron chi connectivity index (χ2n) is 7.57. The second-order valence-corrected chi connectivity index (χ2v) is 10.9. The third-order valence-electron chi connectivity index (χ3n) is 5.77. The van der Waals surface area contributed by atoms with Gasteiger partial charge in [-0.3, -0.25) is 20.0 Å². The van der Waals surface area contributed by atoms with Crippen molar-refractivity contribution in [2.45, 2.75) is 42.9 Å². The number of nitrogens with one attached hydrogen (secondary N) is 2. The highest BCUT2D eigenvalue weighted by Gasteiger charge is 2.46. The SMILES string of the molecule is N=COC(=N)c1cccc(-c2cc(Cl)c(C3CS(=O)C4(CCCCC4)C(N)=N3)s2)c1. The van der Waals surface area contributed by atoms with E-state index in [9.17, 15) is 4.21 Å². The van der Waals surface area contributed by atoms with Crippen LogP contribution in [0.1, 0.15) is 48.6 Å². The Kier molecular flexibility index (Phi) is 6.09. The normalized spacial score (nSPS) is 23.0. The summed E-state index contributed by atoms with van der Waals surface area (Å²) in [6, 6.07) is 8.92. The summed E-state index contributed by atoms with van der Waals surface area (Å²) in [5.74, 6) is 0.868. The maximum absolute atomic E-state index is 13.2. The predicted molar refractivity (Wildman–Crippen MR) is 125 cm³/mol. The van der Waals surface area contributed by atoms with Crippen LogP contribution >= 0.6 is 22.9 Å². The zero-order valence-electron chi connectivity index (χ0n) is 16.3. The molecule has 2 aromatic rings. The van der Waals surface area contributed by atoms with Crippen LogP contribution in [-0.2, 0) is 15.5 Å². The number of hydrogen-bond acceptors (Lipinski definition) is 7. The van der Waals surface area contributed by atoms with E-state index >= 15 is 0 Å². The summed E-state index contributed by atoms with van der Waals surface area (Å²) in [7, 11) is -1.08. The third kappa shape index (κ3) is 3.84. The van der Waals surface area contributed by atoms with Crippen molar-refractivity contribution < 1.29 is 8.95 Å². The van der Waals surface area contributed by atoms with Crippen LogP contribution in [0.5, 0.6) is 0 Å². The van der Waals surface area contributed by atoms with E-state index in [1.807, 2.05) is 24.3 Å². The first-order chi connectivity index (χ1) is 14.4. The number of ether oxygens (including phenoxy) is 1. The highest BCUT2D eigenvalue weighted by atomic mass is 35.5. The summed E-state index contributed by atoms with van der Waals surface area (Å²) in [5, 5.41) is 15.5. The molecule has 1 aliphatic carbocycles. The van der Waals surface area contributed by atoms with Crippen LogP contribution in [0.25, 0.3) is 10.4 Å². The maximum Gasteiger partial charge on any atom is 0.220 e. The number of nitrogens with two attached hydrogens (primary N) is 1. The fourth-order valence-electron chi connectivity index (χ4n) is 4.18. The Morgan fingerprint density at radius 3 is 2.80 bits per heavy atom. The van der Waals surface area contributed by atoms with Crippen LogP contribution < -0.4 is 5.73 Å². The highest BCUT2D eigenvalue weighted by molar-refractivity contribution is 7.87. The van der Waals surface area contributed by atoms with Gasteiger partial charge in [0.1, 0.15) is 10.6 Å². The number of halogens is 1.